The fourth-order valence-electron chi connectivity index (χ4n) is 3.20. The van der Waals surface area contributed by atoms with Gasteiger partial charge in [0, 0.05) is 43.5 Å². The number of alkyl halides is 3. The van der Waals surface area contributed by atoms with Crippen molar-refractivity contribution < 1.29 is 26.4 Å². The summed E-state index contributed by atoms with van der Waals surface area (Å²) in [5.41, 5.74) is -1.15. The van der Waals surface area contributed by atoms with E-state index in [0.717, 1.165) is 18.5 Å². The summed E-state index contributed by atoms with van der Waals surface area (Å²) in [4.78, 5) is 29.2. The lowest BCUT2D eigenvalue weighted by molar-refractivity contribution is -0.141. The molecule has 2 heterocycles. The summed E-state index contributed by atoms with van der Waals surface area (Å²) < 4.78 is 63.8. The van der Waals surface area contributed by atoms with Crippen LogP contribution in [0.15, 0.2) is 58.5 Å². The maximum absolute atomic E-state index is 13.1. The number of amides is 1. The summed E-state index contributed by atoms with van der Waals surface area (Å²) in [7, 11) is -1.78. The average Bonchev–Trinajstić information content (AvgIpc) is 2.74. The van der Waals surface area contributed by atoms with Gasteiger partial charge in [-0.3, -0.25) is 14.6 Å². The number of carbonyl (C=O) groups is 1. The molecule has 1 N–H and O–H groups in total. The molecule has 0 aliphatic carbocycles. The molecule has 0 saturated heterocycles. The molecular formula is C22H20F3N3O4S. The van der Waals surface area contributed by atoms with E-state index in [1.807, 2.05) is 0 Å². The van der Waals surface area contributed by atoms with E-state index in [2.05, 4.69) is 10.3 Å². The quantitative estimate of drug-likeness (QED) is 0.607. The van der Waals surface area contributed by atoms with Crippen LogP contribution in [0.1, 0.15) is 27.3 Å². The van der Waals surface area contributed by atoms with E-state index in [-0.39, 0.29) is 28.1 Å². The summed E-state index contributed by atoms with van der Waals surface area (Å²) in [5, 5.41) is 2.58. The van der Waals surface area contributed by atoms with Crippen molar-refractivity contribution in [3.05, 3.63) is 81.5 Å². The third kappa shape index (κ3) is 5.30. The van der Waals surface area contributed by atoms with Gasteiger partial charge in [0.1, 0.15) is 11.3 Å². The van der Waals surface area contributed by atoms with Crippen molar-refractivity contribution in [3.63, 3.8) is 0 Å². The van der Waals surface area contributed by atoms with Crippen LogP contribution < -0.4 is 10.7 Å². The van der Waals surface area contributed by atoms with Crippen LogP contribution in [-0.2, 0) is 29.6 Å². The lowest BCUT2D eigenvalue weighted by atomic mass is 10.0. The molecule has 0 saturated carbocycles. The Balaban J connectivity index is 1.93. The Morgan fingerprint density at radius 3 is 2.36 bits per heavy atom. The second kappa shape index (κ2) is 8.81. The predicted octanol–water partition coefficient (Wildman–Crippen LogP) is 3.11. The molecule has 11 heteroatoms. The number of pyridine rings is 2. The highest BCUT2D eigenvalue weighted by molar-refractivity contribution is 7.90. The Labute approximate surface area is 187 Å². The Morgan fingerprint density at radius 2 is 1.79 bits per heavy atom. The van der Waals surface area contributed by atoms with E-state index in [1.165, 1.54) is 41.1 Å². The number of sulfone groups is 1. The third-order valence-electron chi connectivity index (χ3n) is 5.07. The van der Waals surface area contributed by atoms with Crippen molar-refractivity contribution in [2.45, 2.75) is 24.5 Å². The lowest BCUT2D eigenvalue weighted by Gasteiger charge is -2.15. The van der Waals surface area contributed by atoms with Gasteiger partial charge >= 0.3 is 6.18 Å². The summed E-state index contributed by atoms with van der Waals surface area (Å²) in [6.07, 6.45) is -1.33. The standard InChI is InChI=1S/C22H20F3N3O4S/c1-13-19(15-8-9-26-18(10-15)22(23,24)25)20(29)17(12-28(13)2)21(30)27-11-14-4-6-16(7-5-14)33(3,31)32/h4-10,12H,11H2,1-3H3,(H,27,30). The summed E-state index contributed by atoms with van der Waals surface area (Å²) in [6, 6.07) is 7.93. The Bertz CT molecular complexity index is 1380. The van der Waals surface area contributed by atoms with Gasteiger partial charge < -0.3 is 9.88 Å². The maximum atomic E-state index is 13.1. The molecule has 0 radical (unpaired) electrons. The number of carbonyl (C=O) groups excluding carboxylic acids is 1. The van der Waals surface area contributed by atoms with Gasteiger partial charge in [-0.1, -0.05) is 12.1 Å². The Hall–Kier alpha value is -3.47. The number of hydrogen-bond acceptors (Lipinski definition) is 5. The molecule has 7 nitrogen and oxygen atoms in total. The SMILES string of the molecule is Cc1c(-c2ccnc(C(F)(F)F)c2)c(=O)c(C(=O)NCc2ccc(S(C)(=O)=O)cc2)cn1C. The second-order valence-electron chi connectivity index (χ2n) is 7.47. The first-order chi connectivity index (χ1) is 15.3. The van der Waals surface area contributed by atoms with Gasteiger partial charge in [0.2, 0.25) is 5.43 Å². The van der Waals surface area contributed by atoms with Crippen LogP contribution in [0.2, 0.25) is 0 Å². The van der Waals surface area contributed by atoms with Gasteiger partial charge in [-0.25, -0.2) is 8.42 Å². The van der Waals surface area contributed by atoms with Crippen LogP contribution in [0.25, 0.3) is 11.1 Å². The molecule has 0 atom stereocenters. The average molecular weight is 479 g/mol. The van der Waals surface area contributed by atoms with E-state index >= 15 is 0 Å². The fraction of sp³-hybridized carbons (Fsp3) is 0.227. The first-order valence-corrected chi connectivity index (χ1v) is 11.5. The van der Waals surface area contributed by atoms with Crippen LogP contribution in [0.4, 0.5) is 13.2 Å². The number of aromatic nitrogens is 2. The molecule has 1 aromatic carbocycles. The van der Waals surface area contributed by atoms with E-state index in [0.29, 0.717) is 11.3 Å². The first-order valence-electron chi connectivity index (χ1n) is 9.60. The molecule has 3 aromatic rings. The predicted molar refractivity (Wildman–Crippen MR) is 115 cm³/mol. The van der Waals surface area contributed by atoms with Crippen molar-refractivity contribution in [3.8, 4) is 11.1 Å². The highest BCUT2D eigenvalue weighted by atomic mass is 32.2. The number of nitrogens with one attached hydrogen (secondary N) is 1. The van der Waals surface area contributed by atoms with Crippen LogP contribution in [0, 0.1) is 6.92 Å². The van der Waals surface area contributed by atoms with E-state index in [1.54, 1.807) is 14.0 Å². The van der Waals surface area contributed by atoms with Gasteiger partial charge in [-0.05, 0) is 42.3 Å². The molecule has 0 spiro atoms. The molecule has 33 heavy (non-hydrogen) atoms. The molecule has 3 rings (SSSR count). The van der Waals surface area contributed by atoms with Crippen molar-refractivity contribution >= 4 is 15.7 Å². The van der Waals surface area contributed by atoms with E-state index in [9.17, 15) is 31.2 Å². The zero-order chi connectivity index (χ0) is 24.6. The number of halogens is 3. The van der Waals surface area contributed by atoms with E-state index < -0.39 is 33.0 Å². The third-order valence-corrected chi connectivity index (χ3v) is 6.20. The van der Waals surface area contributed by atoms with Crippen LogP contribution in [0.3, 0.4) is 0 Å². The molecular weight excluding hydrogens is 459 g/mol. The second-order valence-corrected chi connectivity index (χ2v) is 9.49. The van der Waals surface area contributed by atoms with Crippen molar-refractivity contribution in [2.24, 2.45) is 7.05 Å². The minimum absolute atomic E-state index is 0.00133. The zero-order valence-corrected chi connectivity index (χ0v) is 18.7. The van der Waals surface area contributed by atoms with E-state index in [4.69, 9.17) is 0 Å². The van der Waals surface area contributed by atoms with Crippen LogP contribution in [-0.4, -0.2) is 30.1 Å². The fourth-order valence-corrected chi connectivity index (χ4v) is 3.83. The highest BCUT2D eigenvalue weighted by Crippen LogP contribution is 2.30. The topological polar surface area (TPSA) is 98.1 Å². The smallest absolute Gasteiger partial charge is 0.353 e. The number of rotatable bonds is 5. The maximum Gasteiger partial charge on any atom is 0.433 e. The van der Waals surface area contributed by atoms with Crippen LogP contribution >= 0.6 is 0 Å². The number of hydrogen-bond donors (Lipinski definition) is 1. The molecule has 0 fully saturated rings. The Kier molecular flexibility index (Phi) is 6.46. The van der Waals surface area contributed by atoms with Gasteiger partial charge in [-0.2, -0.15) is 13.2 Å². The number of aryl methyl sites for hydroxylation is 1. The van der Waals surface area contributed by atoms with Crippen molar-refractivity contribution in [1.29, 1.82) is 0 Å². The van der Waals surface area contributed by atoms with Crippen LogP contribution in [0.5, 0.6) is 0 Å². The first kappa shape index (κ1) is 24.2. The molecule has 0 aliphatic heterocycles. The summed E-state index contributed by atoms with van der Waals surface area (Å²) in [6.45, 7) is 1.58. The monoisotopic (exact) mass is 479 g/mol. The van der Waals surface area contributed by atoms with Gasteiger partial charge in [0.05, 0.1) is 4.90 Å². The van der Waals surface area contributed by atoms with Crippen molar-refractivity contribution in [1.82, 2.24) is 14.9 Å². The normalized spacial score (nSPS) is 11.9. The highest BCUT2D eigenvalue weighted by Gasteiger charge is 2.33. The number of benzene rings is 1. The molecule has 1 amide bonds. The van der Waals surface area contributed by atoms with Crippen molar-refractivity contribution in [2.75, 3.05) is 6.26 Å². The van der Waals surface area contributed by atoms with Gasteiger partial charge in [0.25, 0.3) is 5.91 Å². The number of nitrogens with zero attached hydrogens (tertiary/aromatic N) is 2. The molecule has 0 aliphatic rings. The molecule has 0 unspecified atom stereocenters. The largest absolute Gasteiger partial charge is 0.433 e. The Morgan fingerprint density at radius 1 is 1.15 bits per heavy atom. The van der Waals surface area contributed by atoms with Gasteiger partial charge in [0.15, 0.2) is 9.84 Å². The molecule has 174 valence electrons. The minimum Gasteiger partial charge on any atom is -0.353 e. The molecule has 0 bridgehead atoms. The summed E-state index contributed by atoms with van der Waals surface area (Å²) >= 11 is 0. The minimum atomic E-state index is -4.68. The lowest BCUT2D eigenvalue weighted by Crippen LogP contribution is -2.30. The summed E-state index contributed by atoms with van der Waals surface area (Å²) in [5.74, 6) is -0.714. The molecule has 2 aromatic heterocycles. The van der Waals surface area contributed by atoms with Gasteiger partial charge in [-0.15, -0.1) is 0 Å². The zero-order valence-electron chi connectivity index (χ0n) is 17.9.